The molecule has 0 amide bonds. The van der Waals surface area contributed by atoms with E-state index in [-0.39, 0.29) is 5.82 Å². The fourth-order valence-electron chi connectivity index (χ4n) is 3.42. The first-order chi connectivity index (χ1) is 13.2. The highest BCUT2D eigenvalue weighted by Gasteiger charge is 2.23. The minimum atomic E-state index is -0.347. The van der Waals surface area contributed by atoms with E-state index in [4.69, 9.17) is 0 Å². The lowest BCUT2D eigenvalue weighted by Crippen LogP contribution is -2.46. The Labute approximate surface area is 158 Å². The van der Waals surface area contributed by atoms with E-state index in [2.05, 4.69) is 25.9 Å². The number of hydrogen-bond donors (Lipinski definition) is 0. The van der Waals surface area contributed by atoms with Crippen molar-refractivity contribution in [3.05, 3.63) is 72.1 Å². The van der Waals surface area contributed by atoms with Gasteiger partial charge in [0.1, 0.15) is 12.0 Å². The van der Waals surface area contributed by atoms with Gasteiger partial charge in [0.25, 0.3) is 0 Å². The van der Waals surface area contributed by atoms with Crippen molar-refractivity contribution in [2.75, 3.05) is 31.1 Å². The van der Waals surface area contributed by atoms with Crippen LogP contribution in [0, 0.1) is 12.7 Å². The van der Waals surface area contributed by atoms with Gasteiger partial charge in [-0.3, -0.25) is 9.88 Å². The van der Waals surface area contributed by atoms with Crippen molar-refractivity contribution >= 4 is 5.82 Å². The van der Waals surface area contributed by atoms with Crippen molar-refractivity contribution in [1.29, 1.82) is 0 Å². The van der Waals surface area contributed by atoms with E-state index in [0.717, 1.165) is 44.0 Å². The van der Waals surface area contributed by atoms with Crippen LogP contribution in [0.2, 0.25) is 0 Å². The second-order valence-electron chi connectivity index (χ2n) is 6.74. The van der Waals surface area contributed by atoms with Crippen molar-refractivity contribution in [3.8, 4) is 11.3 Å². The average molecular weight is 363 g/mol. The van der Waals surface area contributed by atoms with Crippen molar-refractivity contribution < 1.29 is 4.39 Å². The molecule has 1 saturated heterocycles. The van der Waals surface area contributed by atoms with E-state index in [1.165, 1.54) is 11.9 Å². The quantitative estimate of drug-likeness (QED) is 0.712. The highest BCUT2D eigenvalue weighted by Crippen LogP contribution is 2.26. The number of halogens is 1. The van der Waals surface area contributed by atoms with Crippen LogP contribution in [0.1, 0.15) is 11.3 Å². The largest absolute Gasteiger partial charge is 0.352 e. The van der Waals surface area contributed by atoms with Gasteiger partial charge in [0, 0.05) is 50.2 Å². The first kappa shape index (κ1) is 17.5. The number of rotatable bonds is 4. The number of hydrogen-bond acceptors (Lipinski definition) is 5. The Balaban J connectivity index is 1.46. The molecular formula is C21H22FN5. The molecule has 2 aromatic heterocycles. The third-order valence-electron chi connectivity index (χ3n) is 5.00. The van der Waals surface area contributed by atoms with Crippen molar-refractivity contribution in [2.24, 2.45) is 0 Å². The van der Waals surface area contributed by atoms with Crippen LogP contribution < -0.4 is 4.90 Å². The first-order valence-corrected chi connectivity index (χ1v) is 9.16. The Morgan fingerprint density at radius 3 is 2.44 bits per heavy atom. The minimum Gasteiger partial charge on any atom is -0.352 e. The van der Waals surface area contributed by atoms with E-state index in [0.29, 0.717) is 11.5 Å². The SMILES string of the molecule is Cc1ncccc1CN1CCN(c2ncnc(-c3ccccc3)c2F)CC1. The van der Waals surface area contributed by atoms with E-state index in [1.54, 1.807) is 0 Å². The molecule has 1 aliphatic rings. The number of piperazine rings is 1. The molecule has 0 spiro atoms. The van der Waals surface area contributed by atoms with Gasteiger partial charge >= 0.3 is 0 Å². The lowest BCUT2D eigenvalue weighted by atomic mass is 10.1. The van der Waals surface area contributed by atoms with E-state index in [1.807, 2.05) is 54.4 Å². The summed E-state index contributed by atoms with van der Waals surface area (Å²) in [5.74, 6) is 0.0429. The smallest absolute Gasteiger partial charge is 0.191 e. The van der Waals surface area contributed by atoms with E-state index in [9.17, 15) is 0 Å². The molecule has 3 heterocycles. The fraction of sp³-hybridized carbons (Fsp3) is 0.286. The average Bonchev–Trinajstić information content (AvgIpc) is 2.71. The van der Waals surface area contributed by atoms with Gasteiger partial charge in [0.15, 0.2) is 11.6 Å². The molecule has 1 fully saturated rings. The highest BCUT2D eigenvalue weighted by molar-refractivity contribution is 5.63. The number of aryl methyl sites for hydroxylation is 1. The molecule has 0 aliphatic carbocycles. The van der Waals surface area contributed by atoms with Gasteiger partial charge in [-0.25, -0.2) is 14.4 Å². The third kappa shape index (κ3) is 3.80. The summed E-state index contributed by atoms with van der Waals surface area (Å²) in [5.41, 5.74) is 3.43. The van der Waals surface area contributed by atoms with Gasteiger partial charge in [-0.2, -0.15) is 0 Å². The monoisotopic (exact) mass is 363 g/mol. The molecule has 0 bridgehead atoms. The fourth-order valence-corrected chi connectivity index (χ4v) is 3.42. The molecule has 4 rings (SSSR count). The third-order valence-corrected chi connectivity index (χ3v) is 5.00. The predicted molar refractivity (Wildman–Crippen MR) is 104 cm³/mol. The molecule has 0 radical (unpaired) electrons. The Morgan fingerprint density at radius 1 is 0.926 bits per heavy atom. The topological polar surface area (TPSA) is 45.2 Å². The second-order valence-corrected chi connectivity index (χ2v) is 6.74. The van der Waals surface area contributed by atoms with Crippen LogP contribution in [0.3, 0.4) is 0 Å². The van der Waals surface area contributed by atoms with Gasteiger partial charge in [0.2, 0.25) is 0 Å². The van der Waals surface area contributed by atoms with Gasteiger partial charge in [-0.05, 0) is 18.6 Å². The maximum Gasteiger partial charge on any atom is 0.191 e. The van der Waals surface area contributed by atoms with Crippen molar-refractivity contribution in [2.45, 2.75) is 13.5 Å². The van der Waals surface area contributed by atoms with Crippen LogP contribution in [-0.2, 0) is 6.54 Å². The molecule has 138 valence electrons. The number of aromatic nitrogens is 3. The summed E-state index contributed by atoms with van der Waals surface area (Å²) in [7, 11) is 0. The van der Waals surface area contributed by atoms with Crippen LogP contribution in [-0.4, -0.2) is 46.0 Å². The minimum absolute atomic E-state index is 0.347. The Bertz CT molecular complexity index is 907. The van der Waals surface area contributed by atoms with E-state index >= 15 is 4.39 Å². The molecule has 0 atom stereocenters. The van der Waals surface area contributed by atoms with Gasteiger partial charge in [-0.15, -0.1) is 0 Å². The highest BCUT2D eigenvalue weighted by atomic mass is 19.1. The number of pyridine rings is 1. The molecule has 1 aliphatic heterocycles. The zero-order valence-corrected chi connectivity index (χ0v) is 15.3. The Morgan fingerprint density at radius 2 is 1.70 bits per heavy atom. The van der Waals surface area contributed by atoms with Crippen LogP contribution in [0.15, 0.2) is 55.0 Å². The molecule has 0 unspecified atom stereocenters. The molecule has 5 nitrogen and oxygen atoms in total. The summed E-state index contributed by atoms with van der Waals surface area (Å²) < 4.78 is 15.1. The summed E-state index contributed by atoms with van der Waals surface area (Å²) in [6, 6.07) is 13.5. The molecule has 0 N–H and O–H groups in total. The van der Waals surface area contributed by atoms with Crippen molar-refractivity contribution in [1.82, 2.24) is 19.9 Å². The first-order valence-electron chi connectivity index (χ1n) is 9.16. The van der Waals surface area contributed by atoms with Gasteiger partial charge in [-0.1, -0.05) is 36.4 Å². The predicted octanol–water partition coefficient (Wildman–Crippen LogP) is 3.31. The maximum absolute atomic E-state index is 15.1. The Hall–Kier alpha value is -2.86. The lowest BCUT2D eigenvalue weighted by molar-refractivity contribution is 0.248. The number of benzene rings is 1. The van der Waals surface area contributed by atoms with Crippen LogP contribution in [0.5, 0.6) is 0 Å². The van der Waals surface area contributed by atoms with Gasteiger partial charge in [0.05, 0.1) is 0 Å². The lowest BCUT2D eigenvalue weighted by Gasteiger charge is -2.35. The standard InChI is InChI=1S/C21H22FN5/c1-16-18(8-5-9-23-16)14-26-10-12-27(13-11-26)21-19(22)20(24-15-25-21)17-6-3-2-4-7-17/h2-9,15H,10-14H2,1H3. The van der Waals surface area contributed by atoms with Crippen LogP contribution >= 0.6 is 0 Å². The zero-order chi connectivity index (χ0) is 18.6. The van der Waals surface area contributed by atoms with Gasteiger partial charge < -0.3 is 4.90 Å². The molecule has 6 heteroatoms. The van der Waals surface area contributed by atoms with Crippen LogP contribution in [0.25, 0.3) is 11.3 Å². The Kier molecular flexibility index (Phi) is 5.07. The maximum atomic E-state index is 15.1. The van der Waals surface area contributed by atoms with E-state index < -0.39 is 0 Å². The number of nitrogens with zero attached hydrogens (tertiary/aromatic N) is 5. The summed E-state index contributed by atoms with van der Waals surface area (Å²) in [6.45, 7) is 6.10. The molecule has 27 heavy (non-hydrogen) atoms. The summed E-state index contributed by atoms with van der Waals surface area (Å²) >= 11 is 0. The molecule has 1 aromatic carbocycles. The second kappa shape index (κ2) is 7.80. The molecule has 0 saturated carbocycles. The normalized spacial score (nSPS) is 15.1. The zero-order valence-electron chi connectivity index (χ0n) is 15.3. The molecular weight excluding hydrogens is 341 g/mol. The summed E-state index contributed by atoms with van der Waals surface area (Å²) in [6.07, 6.45) is 3.27. The summed E-state index contributed by atoms with van der Waals surface area (Å²) in [4.78, 5) is 17.1. The van der Waals surface area contributed by atoms with Crippen molar-refractivity contribution in [3.63, 3.8) is 0 Å². The number of anilines is 1. The molecule has 3 aromatic rings. The summed E-state index contributed by atoms with van der Waals surface area (Å²) in [5, 5.41) is 0. The van der Waals surface area contributed by atoms with Crippen LogP contribution in [0.4, 0.5) is 10.2 Å².